The molecule has 1 amide bonds. The monoisotopic (exact) mass is 525 g/mol. The largest absolute Gasteiger partial charge is 0.321 e. The molecule has 8 heteroatoms. The fourth-order valence-corrected chi connectivity index (χ4v) is 6.99. The predicted octanol–water partition coefficient (Wildman–Crippen LogP) is 5.96. The number of anilines is 1. The minimum Gasteiger partial charge on any atom is -0.321 e. The average molecular weight is 526 g/mol. The van der Waals surface area contributed by atoms with Gasteiger partial charge in [-0.05, 0) is 66.1 Å². The van der Waals surface area contributed by atoms with Crippen LogP contribution in [0.4, 0.5) is 5.69 Å². The molecule has 0 spiro atoms. The van der Waals surface area contributed by atoms with Crippen molar-refractivity contribution in [2.24, 2.45) is 0 Å². The molecule has 37 heavy (non-hydrogen) atoms. The number of rotatable bonds is 5. The number of carbonyl (C=O) groups is 1. The lowest BCUT2D eigenvalue weighted by Gasteiger charge is -2.28. The van der Waals surface area contributed by atoms with Gasteiger partial charge >= 0.3 is 0 Å². The summed E-state index contributed by atoms with van der Waals surface area (Å²) in [5.41, 5.74) is 4.99. The minimum absolute atomic E-state index is 0.179. The van der Waals surface area contributed by atoms with Crippen LogP contribution in [0.25, 0.3) is 20.8 Å². The Hall–Kier alpha value is -3.85. The quantitative estimate of drug-likeness (QED) is 0.307. The SMILES string of the molecule is O=C(Nc1ccccc1-c1nc2ccccc2s1)c1ccc(S(=O)(=O)N2CCc3ccccc3C2)cc1. The van der Waals surface area contributed by atoms with Crippen LogP contribution in [0.15, 0.2) is 102 Å². The first-order valence-corrected chi connectivity index (χ1v) is 14.2. The van der Waals surface area contributed by atoms with Crippen LogP contribution in [0.2, 0.25) is 0 Å². The lowest BCUT2D eigenvalue weighted by atomic mass is 10.0. The predicted molar refractivity (Wildman–Crippen MR) is 147 cm³/mol. The molecule has 1 aliphatic rings. The lowest BCUT2D eigenvalue weighted by molar-refractivity contribution is 0.102. The first kappa shape index (κ1) is 23.5. The highest BCUT2D eigenvalue weighted by Gasteiger charge is 2.28. The third-order valence-corrected chi connectivity index (χ3v) is 9.48. The Morgan fingerprint density at radius 3 is 2.35 bits per heavy atom. The van der Waals surface area contributed by atoms with Crippen molar-refractivity contribution in [1.29, 1.82) is 0 Å². The number of carbonyl (C=O) groups excluding carboxylic acids is 1. The minimum atomic E-state index is -3.67. The van der Waals surface area contributed by atoms with E-state index in [1.807, 2.05) is 72.8 Å². The number of thiazole rings is 1. The van der Waals surface area contributed by atoms with Crippen LogP contribution in [0.5, 0.6) is 0 Å². The average Bonchev–Trinajstić information content (AvgIpc) is 3.37. The van der Waals surface area contributed by atoms with E-state index in [0.717, 1.165) is 26.4 Å². The highest BCUT2D eigenvalue weighted by Crippen LogP contribution is 2.34. The molecular formula is C29H23N3O3S2. The zero-order valence-corrected chi connectivity index (χ0v) is 21.4. The maximum atomic E-state index is 13.3. The zero-order chi connectivity index (χ0) is 25.4. The summed E-state index contributed by atoms with van der Waals surface area (Å²) in [5, 5.41) is 3.79. The summed E-state index contributed by atoms with van der Waals surface area (Å²) in [4.78, 5) is 18.0. The molecule has 1 N–H and O–H groups in total. The molecule has 0 saturated heterocycles. The van der Waals surface area contributed by atoms with Crippen LogP contribution < -0.4 is 5.32 Å². The molecule has 1 aliphatic heterocycles. The molecule has 5 aromatic rings. The molecule has 6 nitrogen and oxygen atoms in total. The summed E-state index contributed by atoms with van der Waals surface area (Å²) in [5.74, 6) is -0.315. The van der Waals surface area contributed by atoms with Crippen LogP contribution in [0.1, 0.15) is 21.5 Å². The normalized spacial score (nSPS) is 13.8. The number of benzene rings is 4. The second kappa shape index (κ2) is 9.55. The Bertz CT molecular complexity index is 1690. The van der Waals surface area contributed by atoms with Crippen molar-refractivity contribution in [1.82, 2.24) is 9.29 Å². The van der Waals surface area contributed by atoms with E-state index in [-0.39, 0.29) is 10.8 Å². The van der Waals surface area contributed by atoms with Crippen LogP contribution in [-0.4, -0.2) is 30.2 Å². The third kappa shape index (κ3) is 4.55. The van der Waals surface area contributed by atoms with Gasteiger partial charge in [-0.1, -0.05) is 48.5 Å². The van der Waals surface area contributed by atoms with Crippen molar-refractivity contribution in [2.75, 3.05) is 11.9 Å². The van der Waals surface area contributed by atoms with Gasteiger partial charge in [-0.2, -0.15) is 4.31 Å². The number of sulfonamides is 1. The number of amides is 1. The van der Waals surface area contributed by atoms with Gasteiger partial charge in [-0.15, -0.1) is 11.3 Å². The van der Waals surface area contributed by atoms with Gasteiger partial charge < -0.3 is 5.32 Å². The molecule has 4 aromatic carbocycles. The number of nitrogens with zero attached hydrogens (tertiary/aromatic N) is 2. The first-order valence-electron chi connectivity index (χ1n) is 11.9. The van der Waals surface area contributed by atoms with E-state index in [4.69, 9.17) is 4.98 Å². The highest BCUT2D eigenvalue weighted by atomic mass is 32.2. The van der Waals surface area contributed by atoms with Gasteiger partial charge in [0.2, 0.25) is 10.0 Å². The standard InChI is InChI=1S/C29H23N3O3S2/c33-28(30-25-10-4-3-9-24(25)29-31-26-11-5-6-12-27(26)36-29)21-13-15-23(16-14-21)37(34,35)32-18-17-20-7-1-2-8-22(20)19-32/h1-16H,17-19H2,(H,30,33). The second-order valence-electron chi connectivity index (χ2n) is 8.87. The molecule has 184 valence electrons. The Labute approximate surface area is 219 Å². The van der Waals surface area contributed by atoms with Crippen LogP contribution in [0, 0.1) is 0 Å². The molecule has 1 aromatic heterocycles. The molecule has 0 unspecified atom stereocenters. The maximum Gasteiger partial charge on any atom is 0.255 e. The zero-order valence-electron chi connectivity index (χ0n) is 19.8. The van der Waals surface area contributed by atoms with Gasteiger partial charge in [0.15, 0.2) is 0 Å². The lowest BCUT2D eigenvalue weighted by Crippen LogP contribution is -2.35. The van der Waals surface area contributed by atoms with Gasteiger partial charge in [-0.25, -0.2) is 13.4 Å². The van der Waals surface area contributed by atoms with Crippen molar-refractivity contribution in [3.63, 3.8) is 0 Å². The van der Waals surface area contributed by atoms with E-state index in [9.17, 15) is 13.2 Å². The molecule has 0 saturated carbocycles. The molecule has 0 radical (unpaired) electrons. The molecule has 0 aliphatic carbocycles. The number of para-hydroxylation sites is 2. The number of hydrogen-bond donors (Lipinski definition) is 1. The molecule has 0 bridgehead atoms. The van der Waals surface area contributed by atoms with Crippen molar-refractivity contribution in [3.05, 3.63) is 114 Å². The summed E-state index contributed by atoms with van der Waals surface area (Å²) in [6, 6.07) is 29.5. The van der Waals surface area contributed by atoms with E-state index in [0.29, 0.717) is 30.8 Å². The van der Waals surface area contributed by atoms with E-state index in [2.05, 4.69) is 5.32 Å². The molecule has 0 atom stereocenters. The van der Waals surface area contributed by atoms with Gasteiger partial charge in [0, 0.05) is 24.2 Å². The van der Waals surface area contributed by atoms with Crippen molar-refractivity contribution in [3.8, 4) is 10.6 Å². The number of fused-ring (bicyclic) bond motifs is 2. The Balaban J connectivity index is 1.21. The topological polar surface area (TPSA) is 79.4 Å². The summed E-state index contributed by atoms with van der Waals surface area (Å²) in [7, 11) is -3.67. The third-order valence-electron chi connectivity index (χ3n) is 6.55. The van der Waals surface area contributed by atoms with Crippen molar-refractivity contribution in [2.45, 2.75) is 17.9 Å². The summed E-state index contributed by atoms with van der Waals surface area (Å²) < 4.78 is 29.1. The number of nitrogens with one attached hydrogen (secondary N) is 1. The van der Waals surface area contributed by atoms with E-state index >= 15 is 0 Å². The van der Waals surface area contributed by atoms with Gasteiger partial charge in [-0.3, -0.25) is 4.79 Å². The smallest absolute Gasteiger partial charge is 0.255 e. The van der Waals surface area contributed by atoms with Crippen LogP contribution >= 0.6 is 11.3 Å². The highest BCUT2D eigenvalue weighted by molar-refractivity contribution is 7.89. The van der Waals surface area contributed by atoms with E-state index < -0.39 is 10.0 Å². The van der Waals surface area contributed by atoms with Gasteiger partial charge in [0.05, 0.1) is 20.8 Å². The van der Waals surface area contributed by atoms with Gasteiger partial charge in [0.1, 0.15) is 5.01 Å². The van der Waals surface area contributed by atoms with Crippen molar-refractivity contribution >= 4 is 43.2 Å². The Kier molecular flexibility index (Phi) is 6.08. The molecular weight excluding hydrogens is 502 g/mol. The van der Waals surface area contributed by atoms with Crippen LogP contribution in [-0.2, 0) is 23.0 Å². The second-order valence-corrected chi connectivity index (χ2v) is 11.8. The molecule has 0 fully saturated rings. The summed E-state index contributed by atoms with van der Waals surface area (Å²) >= 11 is 1.57. The van der Waals surface area contributed by atoms with Crippen molar-refractivity contribution < 1.29 is 13.2 Å². The fourth-order valence-electron chi connectivity index (χ4n) is 4.56. The molecule has 2 heterocycles. The summed E-state index contributed by atoms with van der Waals surface area (Å²) in [6.45, 7) is 0.785. The van der Waals surface area contributed by atoms with E-state index in [1.165, 1.54) is 22.0 Å². The van der Waals surface area contributed by atoms with E-state index in [1.54, 1.807) is 23.5 Å². The summed E-state index contributed by atoms with van der Waals surface area (Å²) in [6.07, 6.45) is 0.684. The van der Waals surface area contributed by atoms with Gasteiger partial charge in [0.25, 0.3) is 5.91 Å². The maximum absolute atomic E-state index is 13.3. The Morgan fingerprint density at radius 1 is 0.838 bits per heavy atom. The molecule has 6 rings (SSSR count). The Morgan fingerprint density at radius 2 is 1.54 bits per heavy atom. The number of aromatic nitrogens is 1. The number of hydrogen-bond acceptors (Lipinski definition) is 5. The first-order chi connectivity index (χ1) is 18.0. The fraction of sp³-hybridized carbons (Fsp3) is 0.103. The van der Waals surface area contributed by atoms with Crippen LogP contribution in [0.3, 0.4) is 0 Å².